The van der Waals surface area contributed by atoms with Gasteiger partial charge in [-0.1, -0.05) is 42.5 Å². The summed E-state index contributed by atoms with van der Waals surface area (Å²) >= 11 is 0. The number of aromatic nitrogens is 2. The van der Waals surface area contributed by atoms with Crippen LogP contribution in [0.25, 0.3) is 23.2 Å². The zero-order valence-corrected chi connectivity index (χ0v) is 14.1. The summed E-state index contributed by atoms with van der Waals surface area (Å²) in [5, 5.41) is 4.79. The molecule has 0 amide bonds. The molecule has 3 nitrogen and oxygen atoms in total. The van der Waals surface area contributed by atoms with Gasteiger partial charge in [-0.05, 0) is 50.4 Å². The molecule has 0 unspecified atom stereocenters. The van der Waals surface area contributed by atoms with Crippen LogP contribution >= 0.6 is 0 Å². The van der Waals surface area contributed by atoms with E-state index in [0.29, 0.717) is 0 Å². The second-order valence-corrected chi connectivity index (χ2v) is 6.56. The van der Waals surface area contributed by atoms with Crippen LogP contribution < -0.4 is 5.32 Å². The Morgan fingerprint density at radius 2 is 1.83 bits per heavy atom. The van der Waals surface area contributed by atoms with Crippen molar-refractivity contribution in [3.05, 3.63) is 66.0 Å². The Hall–Kier alpha value is -2.39. The quantitative estimate of drug-likeness (QED) is 0.759. The van der Waals surface area contributed by atoms with E-state index in [1.54, 1.807) is 0 Å². The van der Waals surface area contributed by atoms with Gasteiger partial charge in [-0.3, -0.25) is 5.32 Å². The number of nitrogens with one attached hydrogen (secondary N) is 1. The lowest BCUT2D eigenvalue weighted by atomic mass is 10.1. The minimum Gasteiger partial charge on any atom is -0.313 e. The van der Waals surface area contributed by atoms with Gasteiger partial charge in [-0.25, -0.2) is 4.98 Å². The first-order valence-electron chi connectivity index (χ1n) is 8.71. The number of nitrogens with zero attached hydrogens (tertiary/aromatic N) is 2. The van der Waals surface area contributed by atoms with E-state index < -0.39 is 0 Å². The molecule has 1 aromatic carbocycles. The zero-order chi connectivity index (χ0) is 16.4. The van der Waals surface area contributed by atoms with Gasteiger partial charge in [0.1, 0.15) is 5.65 Å². The van der Waals surface area contributed by atoms with Crippen molar-refractivity contribution in [1.82, 2.24) is 14.9 Å². The van der Waals surface area contributed by atoms with Crippen LogP contribution in [0.15, 0.2) is 54.9 Å². The van der Waals surface area contributed by atoms with Crippen molar-refractivity contribution < 1.29 is 0 Å². The Morgan fingerprint density at radius 1 is 1.04 bits per heavy atom. The van der Waals surface area contributed by atoms with E-state index in [1.165, 1.54) is 29.4 Å². The Kier molecular flexibility index (Phi) is 3.95. The molecule has 1 aliphatic rings. The van der Waals surface area contributed by atoms with Crippen LogP contribution in [-0.4, -0.2) is 16.6 Å². The van der Waals surface area contributed by atoms with Crippen molar-refractivity contribution in [2.75, 3.05) is 7.05 Å². The maximum atomic E-state index is 4.68. The highest BCUT2D eigenvalue weighted by molar-refractivity contribution is 5.90. The Balaban J connectivity index is 1.81. The summed E-state index contributed by atoms with van der Waals surface area (Å²) in [6, 6.07) is 14.6. The summed E-state index contributed by atoms with van der Waals surface area (Å²) in [4.78, 5) is 4.68. The largest absolute Gasteiger partial charge is 0.313 e. The number of hydrogen-bond donors (Lipinski definition) is 1. The summed E-state index contributed by atoms with van der Waals surface area (Å²) < 4.78 is 2.36. The summed E-state index contributed by atoms with van der Waals surface area (Å²) in [6.07, 6.45) is 13.4. The second kappa shape index (κ2) is 6.25. The molecule has 0 atom stereocenters. The van der Waals surface area contributed by atoms with Crippen LogP contribution in [0.3, 0.4) is 0 Å². The molecule has 0 saturated heterocycles. The minimum atomic E-state index is 0.00540. The van der Waals surface area contributed by atoms with Gasteiger partial charge in [0.15, 0.2) is 0 Å². The summed E-state index contributed by atoms with van der Waals surface area (Å²) in [7, 11) is 2.07. The van der Waals surface area contributed by atoms with Gasteiger partial charge in [0.05, 0.1) is 5.66 Å². The predicted octanol–water partition coefficient (Wildman–Crippen LogP) is 4.65. The van der Waals surface area contributed by atoms with Gasteiger partial charge >= 0.3 is 0 Å². The average Bonchev–Trinajstić information content (AvgIpc) is 3.26. The lowest BCUT2D eigenvalue weighted by Crippen LogP contribution is -2.42. The van der Waals surface area contributed by atoms with E-state index in [-0.39, 0.29) is 5.66 Å². The Labute approximate surface area is 143 Å². The van der Waals surface area contributed by atoms with Crippen LogP contribution in [-0.2, 0) is 5.66 Å². The molecule has 0 bridgehead atoms. The third-order valence-electron chi connectivity index (χ3n) is 5.21. The molecule has 3 aromatic rings. The van der Waals surface area contributed by atoms with Gasteiger partial charge in [0.2, 0.25) is 0 Å². The fraction of sp³-hybridized carbons (Fsp3) is 0.286. The molecule has 0 spiro atoms. The molecule has 1 saturated carbocycles. The second-order valence-electron chi connectivity index (χ2n) is 6.56. The maximum Gasteiger partial charge on any atom is 0.141 e. The van der Waals surface area contributed by atoms with Crippen molar-refractivity contribution in [2.24, 2.45) is 0 Å². The van der Waals surface area contributed by atoms with E-state index >= 15 is 0 Å². The molecule has 0 aliphatic heterocycles. The Morgan fingerprint density at radius 3 is 2.58 bits per heavy atom. The summed E-state index contributed by atoms with van der Waals surface area (Å²) in [5.74, 6) is 0. The fourth-order valence-corrected chi connectivity index (χ4v) is 3.86. The highest BCUT2D eigenvalue weighted by Gasteiger charge is 2.35. The van der Waals surface area contributed by atoms with Gasteiger partial charge in [-0.15, -0.1) is 0 Å². The first-order valence-corrected chi connectivity index (χ1v) is 8.71. The third-order valence-corrected chi connectivity index (χ3v) is 5.21. The van der Waals surface area contributed by atoms with E-state index in [4.69, 9.17) is 0 Å². The SMILES string of the molecule is CNC1(n2cc(C=Cc3ccccc3)c3cccnc32)CCCC1. The predicted molar refractivity (Wildman–Crippen MR) is 101 cm³/mol. The van der Waals surface area contributed by atoms with Crippen LogP contribution in [0, 0.1) is 0 Å². The summed E-state index contributed by atoms with van der Waals surface area (Å²) in [6.45, 7) is 0. The first kappa shape index (κ1) is 15.2. The zero-order valence-electron chi connectivity index (χ0n) is 14.1. The maximum absolute atomic E-state index is 4.68. The van der Waals surface area contributed by atoms with Crippen LogP contribution in [0.5, 0.6) is 0 Å². The van der Waals surface area contributed by atoms with Gasteiger partial charge in [-0.2, -0.15) is 0 Å². The van der Waals surface area contributed by atoms with Crippen LogP contribution in [0.1, 0.15) is 36.8 Å². The molecule has 4 rings (SSSR count). The summed E-state index contributed by atoms with van der Waals surface area (Å²) in [5.41, 5.74) is 3.52. The smallest absolute Gasteiger partial charge is 0.141 e. The number of fused-ring (bicyclic) bond motifs is 1. The van der Waals surface area contributed by atoms with Crippen molar-refractivity contribution in [3.8, 4) is 0 Å². The molecule has 2 aromatic heterocycles. The topological polar surface area (TPSA) is 29.9 Å². The standard InChI is InChI=1S/C21H23N3/c1-22-21(13-5-6-14-21)24-16-18(19-10-7-15-23-20(19)24)12-11-17-8-3-2-4-9-17/h2-4,7-12,15-16,22H,5-6,13-14H2,1H3. The highest BCUT2D eigenvalue weighted by atomic mass is 15.2. The molecule has 24 heavy (non-hydrogen) atoms. The average molecular weight is 317 g/mol. The molecule has 3 heteroatoms. The fourth-order valence-electron chi connectivity index (χ4n) is 3.86. The lowest BCUT2D eigenvalue weighted by Gasteiger charge is -2.31. The number of rotatable bonds is 4. The molecule has 1 fully saturated rings. The van der Waals surface area contributed by atoms with Crippen molar-refractivity contribution in [1.29, 1.82) is 0 Å². The van der Waals surface area contributed by atoms with E-state index in [1.807, 2.05) is 18.3 Å². The van der Waals surface area contributed by atoms with Gasteiger partial charge < -0.3 is 4.57 Å². The van der Waals surface area contributed by atoms with Gasteiger partial charge in [0.25, 0.3) is 0 Å². The molecule has 2 heterocycles. The minimum absolute atomic E-state index is 0.00540. The normalized spacial score (nSPS) is 17.0. The van der Waals surface area contributed by atoms with Crippen LogP contribution in [0.2, 0.25) is 0 Å². The lowest BCUT2D eigenvalue weighted by molar-refractivity contribution is 0.248. The molecule has 122 valence electrons. The van der Waals surface area contributed by atoms with E-state index in [0.717, 1.165) is 18.5 Å². The number of hydrogen-bond acceptors (Lipinski definition) is 2. The van der Waals surface area contributed by atoms with Gasteiger partial charge in [0, 0.05) is 23.3 Å². The molecular formula is C21H23N3. The monoisotopic (exact) mass is 317 g/mol. The van der Waals surface area contributed by atoms with E-state index in [9.17, 15) is 0 Å². The van der Waals surface area contributed by atoms with E-state index in [2.05, 4.69) is 70.6 Å². The Bertz CT molecular complexity index is 855. The van der Waals surface area contributed by atoms with Crippen LogP contribution in [0.4, 0.5) is 0 Å². The molecule has 0 radical (unpaired) electrons. The molecule has 1 aliphatic carbocycles. The molecule has 1 N–H and O–H groups in total. The first-order chi connectivity index (χ1) is 11.8. The molecular weight excluding hydrogens is 294 g/mol. The number of benzene rings is 1. The van der Waals surface area contributed by atoms with Crippen molar-refractivity contribution >= 4 is 23.2 Å². The number of pyridine rings is 1. The highest BCUT2D eigenvalue weighted by Crippen LogP contribution is 2.37. The third kappa shape index (κ3) is 2.55. The van der Waals surface area contributed by atoms with Crippen molar-refractivity contribution in [2.45, 2.75) is 31.3 Å². The van der Waals surface area contributed by atoms with Crippen molar-refractivity contribution in [3.63, 3.8) is 0 Å².